The van der Waals surface area contributed by atoms with Gasteiger partial charge >= 0.3 is 5.97 Å². The van der Waals surface area contributed by atoms with Gasteiger partial charge in [-0.3, -0.25) is 9.69 Å². The fraction of sp³-hybridized carbons (Fsp3) is 0.0588. The molecule has 21 heavy (non-hydrogen) atoms. The van der Waals surface area contributed by atoms with Crippen LogP contribution in [-0.4, -0.2) is 17.0 Å². The van der Waals surface area contributed by atoms with Crippen molar-refractivity contribution < 1.29 is 14.7 Å². The van der Waals surface area contributed by atoms with E-state index in [1.54, 1.807) is 31.2 Å². The van der Waals surface area contributed by atoms with Crippen molar-refractivity contribution in [2.24, 2.45) is 0 Å². The molecule has 4 heteroatoms. The predicted octanol–water partition coefficient (Wildman–Crippen LogP) is 3.32. The SMILES string of the molecule is C=C1c2ccccc2C(=O)N1c1cccc(C(=O)O)c1C. The molecular formula is C17H13NO3. The molecule has 1 aliphatic heterocycles. The molecule has 1 aliphatic rings. The minimum atomic E-state index is -1.01. The number of benzene rings is 2. The van der Waals surface area contributed by atoms with Crippen molar-refractivity contribution >= 4 is 23.3 Å². The lowest BCUT2D eigenvalue weighted by Gasteiger charge is -2.20. The Morgan fingerprint density at radius 3 is 2.38 bits per heavy atom. The number of anilines is 1. The lowest BCUT2D eigenvalue weighted by Crippen LogP contribution is -2.23. The van der Waals surface area contributed by atoms with Gasteiger partial charge in [-0.15, -0.1) is 0 Å². The van der Waals surface area contributed by atoms with E-state index in [9.17, 15) is 14.7 Å². The summed E-state index contributed by atoms with van der Waals surface area (Å²) in [5.41, 5.74) is 3.23. The summed E-state index contributed by atoms with van der Waals surface area (Å²) < 4.78 is 0. The summed E-state index contributed by atoms with van der Waals surface area (Å²) >= 11 is 0. The Labute approximate surface area is 121 Å². The normalized spacial score (nSPS) is 13.5. The van der Waals surface area contributed by atoms with Gasteiger partial charge in [-0.25, -0.2) is 4.79 Å². The number of hydrogen-bond acceptors (Lipinski definition) is 2. The molecule has 0 spiro atoms. The third kappa shape index (κ3) is 1.84. The first-order valence-electron chi connectivity index (χ1n) is 6.48. The molecule has 1 N–H and O–H groups in total. The van der Waals surface area contributed by atoms with Gasteiger partial charge in [-0.1, -0.05) is 30.8 Å². The van der Waals surface area contributed by atoms with E-state index in [-0.39, 0.29) is 11.5 Å². The predicted molar refractivity (Wildman–Crippen MR) is 80.4 cm³/mol. The summed E-state index contributed by atoms with van der Waals surface area (Å²) in [4.78, 5) is 25.3. The maximum atomic E-state index is 12.6. The highest BCUT2D eigenvalue weighted by atomic mass is 16.4. The number of hydrogen-bond donors (Lipinski definition) is 1. The van der Waals surface area contributed by atoms with Gasteiger partial charge in [-0.2, -0.15) is 0 Å². The molecule has 0 aliphatic carbocycles. The van der Waals surface area contributed by atoms with Gasteiger partial charge in [0.15, 0.2) is 0 Å². The molecule has 0 bridgehead atoms. The van der Waals surface area contributed by atoms with E-state index in [4.69, 9.17) is 0 Å². The molecule has 1 heterocycles. The van der Waals surface area contributed by atoms with Crippen molar-refractivity contribution in [2.75, 3.05) is 4.90 Å². The zero-order valence-corrected chi connectivity index (χ0v) is 11.5. The first-order valence-corrected chi connectivity index (χ1v) is 6.48. The molecule has 4 nitrogen and oxygen atoms in total. The van der Waals surface area contributed by atoms with Gasteiger partial charge in [0, 0.05) is 11.1 Å². The molecular weight excluding hydrogens is 266 g/mol. The molecule has 2 aromatic rings. The summed E-state index contributed by atoms with van der Waals surface area (Å²) in [6.07, 6.45) is 0. The van der Waals surface area contributed by atoms with Gasteiger partial charge in [0.1, 0.15) is 0 Å². The topological polar surface area (TPSA) is 57.6 Å². The second-order valence-corrected chi connectivity index (χ2v) is 4.89. The molecule has 2 aromatic carbocycles. The highest BCUT2D eigenvalue weighted by Gasteiger charge is 2.33. The minimum Gasteiger partial charge on any atom is -0.478 e. The Hall–Kier alpha value is -2.88. The lowest BCUT2D eigenvalue weighted by molar-refractivity contribution is 0.0695. The van der Waals surface area contributed by atoms with Crippen LogP contribution in [0.15, 0.2) is 49.0 Å². The van der Waals surface area contributed by atoms with E-state index in [1.807, 2.05) is 12.1 Å². The Kier molecular flexibility index (Phi) is 2.87. The number of amides is 1. The number of aromatic carboxylic acids is 1. The molecule has 0 fully saturated rings. The van der Waals surface area contributed by atoms with E-state index in [1.165, 1.54) is 11.0 Å². The summed E-state index contributed by atoms with van der Waals surface area (Å²) in [6.45, 7) is 5.67. The number of rotatable bonds is 2. The van der Waals surface area contributed by atoms with Gasteiger partial charge in [0.2, 0.25) is 0 Å². The molecule has 0 radical (unpaired) electrons. The maximum Gasteiger partial charge on any atom is 0.336 e. The summed E-state index contributed by atoms with van der Waals surface area (Å²) in [7, 11) is 0. The summed E-state index contributed by atoms with van der Waals surface area (Å²) in [6, 6.07) is 12.1. The van der Waals surface area contributed by atoms with E-state index >= 15 is 0 Å². The smallest absolute Gasteiger partial charge is 0.336 e. The Morgan fingerprint density at radius 2 is 1.76 bits per heavy atom. The fourth-order valence-corrected chi connectivity index (χ4v) is 2.64. The number of carbonyl (C=O) groups excluding carboxylic acids is 1. The van der Waals surface area contributed by atoms with Crippen LogP contribution < -0.4 is 4.90 Å². The van der Waals surface area contributed by atoms with Gasteiger partial charge < -0.3 is 5.11 Å². The van der Waals surface area contributed by atoms with Gasteiger partial charge in [0.25, 0.3) is 5.91 Å². The Bertz CT molecular complexity index is 757. The first kappa shape index (κ1) is 13.1. The number of carbonyl (C=O) groups is 2. The Morgan fingerprint density at radius 1 is 1.10 bits per heavy atom. The largest absolute Gasteiger partial charge is 0.478 e. The van der Waals surface area contributed by atoms with Crippen molar-refractivity contribution in [1.82, 2.24) is 0 Å². The second kappa shape index (κ2) is 4.59. The van der Waals surface area contributed by atoms with Gasteiger partial charge in [0.05, 0.1) is 16.9 Å². The monoisotopic (exact) mass is 279 g/mol. The van der Waals surface area contributed by atoms with E-state index in [2.05, 4.69) is 6.58 Å². The molecule has 3 rings (SSSR count). The highest BCUT2D eigenvalue weighted by molar-refractivity contribution is 6.22. The molecule has 0 unspecified atom stereocenters. The van der Waals surface area contributed by atoms with Crippen LogP contribution in [0.2, 0.25) is 0 Å². The van der Waals surface area contributed by atoms with Crippen LogP contribution in [0.5, 0.6) is 0 Å². The van der Waals surface area contributed by atoms with Crippen molar-refractivity contribution in [3.05, 3.63) is 71.3 Å². The van der Waals surface area contributed by atoms with E-state index < -0.39 is 5.97 Å². The highest BCUT2D eigenvalue weighted by Crippen LogP contribution is 2.37. The molecule has 1 amide bonds. The van der Waals surface area contributed by atoms with Crippen LogP contribution in [0, 0.1) is 6.92 Å². The van der Waals surface area contributed by atoms with Crippen molar-refractivity contribution in [3.8, 4) is 0 Å². The fourth-order valence-electron chi connectivity index (χ4n) is 2.64. The minimum absolute atomic E-state index is 0.179. The van der Waals surface area contributed by atoms with Crippen LogP contribution >= 0.6 is 0 Å². The van der Waals surface area contributed by atoms with Gasteiger partial charge in [-0.05, 0) is 30.7 Å². The number of nitrogens with zero attached hydrogens (tertiary/aromatic N) is 1. The average Bonchev–Trinajstić information content (AvgIpc) is 2.72. The van der Waals surface area contributed by atoms with Crippen LogP contribution in [0.1, 0.15) is 31.8 Å². The summed E-state index contributed by atoms with van der Waals surface area (Å²) in [5.74, 6) is -1.19. The molecule has 0 saturated carbocycles. The first-order chi connectivity index (χ1) is 10.0. The maximum absolute atomic E-state index is 12.6. The van der Waals surface area contributed by atoms with Crippen molar-refractivity contribution in [1.29, 1.82) is 0 Å². The quantitative estimate of drug-likeness (QED) is 0.917. The zero-order valence-electron chi connectivity index (χ0n) is 11.5. The van der Waals surface area contributed by atoms with E-state index in [0.717, 1.165) is 5.56 Å². The van der Waals surface area contributed by atoms with E-state index in [0.29, 0.717) is 22.5 Å². The number of fused-ring (bicyclic) bond motifs is 1. The lowest BCUT2D eigenvalue weighted by atomic mass is 10.1. The molecule has 104 valence electrons. The van der Waals surface area contributed by atoms with Crippen molar-refractivity contribution in [3.63, 3.8) is 0 Å². The second-order valence-electron chi connectivity index (χ2n) is 4.89. The van der Waals surface area contributed by atoms with Crippen LogP contribution in [0.3, 0.4) is 0 Å². The molecule has 0 atom stereocenters. The van der Waals surface area contributed by atoms with Crippen LogP contribution in [0.25, 0.3) is 5.70 Å². The van der Waals surface area contributed by atoms with Crippen molar-refractivity contribution in [2.45, 2.75) is 6.92 Å². The van der Waals surface area contributed by atoms with Crippen LogP contribution in [-0.2, 0) is 0 Å². The van der Waals surface area contributed by atoms with Crippen LogP contribution in [0.4, 0.5) is 5.69 Å². The summed E-state index contributed by atoms with van der Waals surface area (Å²) in [5, 5.41) is 9.21. The third-order valence-electron chi connectivity index (χ3n) is 3.72. The standard InChI is InChI=1S/C17H13NO3/c1-10-12(17(20)21)8-5-9-15(10)18-11(2)13-6-3-4-7-14(13)16(18)19/h3-9H,2H2,1H3,(H,20,21). The average molecular weight is 279 g/mol. The Balaban J connectivity index is 2.16. The zero-order chi connectivity index (χ0) is 15.1. The number of carboxylic acid groups (broad SMARTS) is 1. The molecule has 0 aromatic heterocycles. The molecule has 0 saturated heterocycles. The third-order valence-corrected chi connectivity index (χ3v) is 3.72. The number of carboxylic acids is 1.